The molecule has 2 unspecified atom stereocenters. The Morgan fingerprint density at radius 2 is 0.653 bits per heavy atom. The van der Waals surface area contributed by atoms with Crippen LogP contribution in [0.4, 0.5) is 17.1 Å². The van der Waals surface area contributed by atoms with Crippen LogP contribution in [0.2, 0.25) is 0 Å². The highest BCUT2D eigenvalue weighted by Gasteiger charge is 2.48. The molecule has 3 aliphatic carbocycles. The maximum atomic E-state index is 2.60. The van der Waals surface area contributed by atoms with Gasteiger partial charge in [0.25, 0.3) is 0 Å². The molecule has 0 spiro atoms. The minimum absolute atomic E-state index is 0.373. The van der Waals surface area contributed by atoms with E-state index in [0.717, 1.165) is 17.1 Å². The Morgan fingerprint density at radius 3 is 1.28 bits per heavy atom. The van der Waals surface area contributed by atoms with E-state index in [1.165, 1.54) is 100 Å². The third-order valence-electron chi connectivity index (χ3n) is 16.7. The van der Waals surface area contributed by atoms with E-state index in [4.69, 9.17) is 0 Å². The monoisotopic (exact) mass is 917 g/mol. The zero-order chi connectivity index (χ0) is 48.0. The van der Waals surface area contributed by atoms with Gasteiger partial charge in [0.2, 0.25) is 0 Å². The summed E-state index contributed by atoms with van der Waals surface area (Å²) in [5.41, 5.74) is 25.1. The van der Waals surface area contributed by atoms with E-state index in [1.54, 1.807) is 0 Å². The number of benzene rings is 11. The Bertz CT molecular complexity index is 3850. The predicted molar refractivity (Wildman–Crippen MR) is 299 cm³/mol. The smallest absolute Gasteiger partial charge is 0.0713 e. The van der Waals surface area contributed by atoms with E-state index in [1.807, 2.05) is 0 Å². The lowest BCUT2D eigenvalue weighted by Gasteiger charge is -2.34. The molecule has 2 atom stereocenters. The van der Waals surface area contributed by atoms with Gasteiger partial charge in [-0.3, -0.25) is 0 Å². The summed E-state index contributed by atoms with van der Waals surface area (Å²) in [6.07, 6.45) is 0. The number of hydrogen-bond donors (Lipinski definition) is 0. The Hall–Kier alpha value is -8.78. The molecular formula is C71H51N. The van der Waals surface area contributed by atoms with Crippen molar-refractivity contribution >= 4 is 17.1 Å². The highest BCUT2D eigenvalue weighted by Crippen LogP contribution is 2.62. The van der Waals surface area contributed by atoms with Crippen LogP contribution in [0.15, 0.2) is 273 Å². The predicted octanol–water partition coefficient (Wildman–Crippen LogP) is 17.9. The van der Waals surface area contributed by atoms with E-state index in [0.29, 0.717) is 0 Å². The summed E-state index contributed by atoms with van der Waals surface area (Å²) in [4.78, 5) is 2.60. The summed E-state index contributed by atoms with van der Waals surface area (Å²) in [6, 6.07) is 102. The summed E-state index contributed by atoms with van der Waals surface area (Å²) in [5, 5.41) is 0. The highest BCUT2D eigenvalue weighted by atomic mass is 15.1. The van der Waals surface area contributed by atoms with Gasteiger partial charge in [0.1, 0.15) is 0 Å². The quantitative estimate of drug-likeness (QED) is 0.147. The molecule has 0 bridgehead atoms. The minimum atomic E-state index is -0.526. The van der Waals surface area contributed by atoms with Crippen LogP contribution in [0.1, 0.15) is 69.5 Å². The van der Waals surface area contributed by atoms with Crippen molar-refractivity contribution in [1.29, 1.82) is 0 Å². The SMILES string of the molecule is CC1(c2ccccc2)c2ccccc2-c2ccc(N(c3ccccc3-c3cccc4c3-c3ccccc3C4(c3ccccc3)c3ccccc3)c3cccc4c3-c3ccccc3C4(C)c3ccccc3)cc21. The molecule has 72 heavy (non-hydrogen) atoms. The number of hydrogen-bond acceptors (Lipinski definition) is 1. The van der Waals surface area contributed by atoms with Crippen LogP contribution in [-0.4, -0.2) is 0 Å². The van der Waals surface area contributed by atoms with Crippen molar-refractivity contribution in [2.45, 2.75) is 30.1 Å². The molecule has 0 radical (unpaired) electrons. The molecule has 1 nitrogen and oxygen atoms in total. The van der Waals surface area contributed by atoms with Gasteiger partial charge in [-0.1, -0.05) is 249 Å². The molecule has 0 fully saturated rings. The lowest BCUT2D eigenvalue weighted by Crippen LogP contribution is -2.28. The van der Waals surface area contributed by atoms with Crippen molar-refractivity contribution in [1.82, 2.24) is 0 Å². The summed E-state index contributed by atoms with van der Waals surface area (Å²) in [6.45, 7) is 4.84. The fraction of sp³-hybridized carbons (Fsp3) is 0.0704. The van der Waals surface area contributed by atoms with Crippen LogP contribution in [0.5, 0.6) is 0 Å². The molecule has 0 aromatic heterocycles. The van der Waals surface area contributed by atoms with Crippen LogP contribution in [0.25, 0.3) is 44.5 Å². The lowest BCUT2D eigenvalue weighted by molar-refractivity contribution is 0.713. The van der Waals surface area contributed by atoms with Gasteiger partial charge >= 0.3 is 0 Å². The maximum Gasteiger partial charge on any atom is 0.0713 e. The molecule has 0 aliphatic heterocycles. The van der Waals surface area contributed by atoms with Gasteiger partial charge in [-0.15, -0.1) is 0 Å². The Morgan fingerprint density at radius 1 is 0.250 bits per heavy atom. The highest BCUT2D eigenvalue weighted by molar-refractivity contribution is 6.03. The Kier molecular flexibility index (Phi) is 9.44. The number of rotatable bonds is 8. The van der Waals surface area contributed by atoms with Gasteiger partial charge in [0.15, 0.2) is 0 Å². The molecule has 0 saturated carbocycles. The van der Waals surface area contributed by atoms with E-state index in [-0.39, 0.29) is 10.8 Å². The number of nitrogens with zero attached hydrogens (tertiary/aromatic N) is 1. The van der Waals surface area contributed by atoms with E-state index < -0.39 is 5.41 Å². The zero-order valence-corrected chi connectivity index (χ0v) is 40.4. The fourth-order valence-electron chi connectivity index (χ4n) is 13.5. The third-order valence-corrected chi connectivity index (χ3v) is 16.7. The molecule has 0 saturated heterocycles. The molecular weight excluding hydrogens is 867 g/mol. The Labute approximate surface area is 423 Å². The van der Waals surface area contributed by atoms with Gasteiger partial charge in [-0.25, -0.2) is 0 Å². The van der Waals surface area contributed by atoms with Crippen LogP contribution < -0.4 is 4.90 Å². The standard InChI is InChI=1S/C71H51N/c1-69(48-25-7-3-8-26-48)60-39-20-16-35-57(60)68-62(69)41-24-44-66(68)72(52-45-46-54-53-33-15-19-38-59(53)70(2,64(54)47-52)49-27-9-4-10-28-49)65-43-22-18-34-55(65)56-37-23-42-63-67(56)58-36-17-21-40-61(58)71(63,50-29-11-5-12-30-50)51-31-13-6-14-32-51/h3-47H,1-2H3. The third kappa shape index (κ3) is 5.77. The summed E-state index contributed by atoms with van der Waals surface area (Å²) in [5.74, 6) is 0. The second-order valence-electron chi connectivity index (χ2n) is 20.1. The van der Waals surface area contributed by atoms with Gasteiger partial charge in [0.05, 0.1) is 16.8 Å². The van der Waals surface area contributed by atoms with Crippen LogP contribution >= 0.6 is 0 Å². The molecule has 0 N–H and O–H groups in total. The zero-order valence-electron chi connectivity index (χ0n) is 40.4. The topological polar surface area (TPSA) is 3.24 Å². The van der Waals surface area contributed by atoms with Crippen molar-refractivity contribution in [3.8, 4) is 44.5 Å². The molecule has 14 rings (SSSR count). The van der Waals surface area contributed by atoms with Gasteiger partial charge in [0, 0.05) is 27.6 Å². The molecule has 11 aromatic rings. The van der Waals surface area contributed by atoms with Gasteiger partial charge in [-0.05, 0) is 127 Å². The Balaban J connectivity index is 1.07. The van der Waals surface area contributed by atoms with E-state index in [9.17, 15) is 0 Å². The second kappa shape index (κ2) is 16.1. The second-order valence-corrected chi connectivity index (χ2v) is 20.1. The van der Waals surface area contributed by atoms with Gasteiger partial charge < -0.3 is 4.90 Å². The first-order valence-corrected chi connectivity index (χ1v) is 25.3. The van der Waals surface area contributed by atoms with Crippen molar-refractivity contribution in [3.63, 3.8) is 0 Å². The first-order valence-electron chi connectivity index (χ1n) is 25.3. The minimum Gasteiger partial charge on any atom is -0.309 e. The normalized spacial score (nSPS) is 17.2. The van der Waals surface area contributed by atoms with Gasteiger partial charge in [-0.2, -0.15) is 0 Å². The average molecular weight is 918 g/mol. The largest absolute Gasteiger partial charge is 0.309 e. The first kappa shape index (κ1) is 42.1. The summed E-state index contributed by atoms with van der Waals surface area (Å²) >= 11 is 0. The van der Waals surface area contributed by atoms with E-state index in [2.05, 4.69) is 292 Å². The molecule has 11 aromatic carbocycles. The lowest BCUT2D eigenvalue weighted by atomic mass is 9.67. The fourth-order valence-corrected chi connectivity index (χ4v) is 13.5. The number of para-hydroxylation sites is 1. The molecule has 0 heterocycles. The maximum absolute atomic E-state index is 2.60. The average Bonchev–Trinajstić information content (AvgIpc) is 4.02. The molecule has 3 aliphatic rings. The van der Waals surface area contributed by atoms with Crippen LogP contribution in [0, 0.1) is 0 Å². The van der Waals surface area contributed by atoms with Crippen molar-refractivity contribution in [2.24, 2.45) is 0 Å². The first-order chi connectivity index (χ1) is 35.5. The van der Waals surface area contributed by atoms with Crippen molar-refractivity contribution < 1.29 is 0 Å². The van der Waals surface area contributed by atoms with Crippen molar-refractivity contribution in [2.75, 3.05) is 4.90 Å². The molecule has 340 valence electrons. The summed E-state index contributed by atoms with van der Waals surface area (Å²) in [7, 11) is 0. The number of anilines is 3. The molecule has 0 amide bonds. The molecule has 1 heteroatoms. The van der Waals surface area contributed by atoms with Crippen molar-refractivity contribution in [3.05, 3.63) is 329 Å². The van der Waals surface area contributed by atoms with Crippen LogP contribution in [0.3, 0.4) is 0 Å². The van der Waals surface area contributed by atoms with E-state index >= 15 is 0 Å². The van der Waals surface area contributed by atoms with Crippen LogP contribution in [-0.2, 0) is 16.2 Å². The summed E-state index contributed by atoms with van der Waals surface area (Å²) < 4.78 is 0. The number of fused-ring (bicyclic) bond motifs is 9.